The van der Waals surface area contributed by atoms with Crippen LogP contribution in [0.3, 0.4) is 0 Å². The summed E-state index contributed by atoms with van der Waals surface area (Å²) in [6.45, 7) is 12.5. The van der Waals surface area contributed by atoms with Crippen LogP contribution in [-0.4, -0.2) is 28.0 Å². The van der Waals surface area contributed by atoms with E-state index in [2.05, 4.69) is 38.6 Å². The highest BCUT2D eigenvalue weighted by Crippen LogP contribution is 2.36. The van der Waals surface area contributed by atoms with Crippen molar-refractivity contribution in [1.29, 1.82) is 0 Å². The highest BCUT2D eigenvalue weighted by molar-refractivity contribution is 6.74. The second-order valence-corrected chi connectivity index (χ2v) is 12.9. The van der Waals surface area contributed by atoms with E-state index >= 15 is 0 Å². The van der Waals surface area contributed by atoms with Crippen molar-refractivity contribution in [3.63, 3.8) is 0 Å². The number of hydrogen-bond acceptors (Lipinski definition) is 3. The minimum atomic E-state index is -1.54. The van der Waals surface area contributed by atoms with E-state index in [1.54, 1.807) is 0 Å². The van der Waals surface area contributed by atoms with Crippen LogP contribution in [0.4, 0.5) is 0 Å². The van der Waals surface area contributed by atoms with E-state index in [0.29, 0.717) is 11.5 Å². The zero-order valence-electron chi connectivity index (χ0n) is 16.5. The Morgan fingerprint density at radius 3 is 1.70 bits per heavy atom. The van der Waals surface area contributed by atoms with Gasteiger partial charge in [0.05, 0.1) is 7.11 Å². The van der Waals surface area contributed by atoms with Gasteiger partial charge >= 0.3 is 5.97 Å². The molecule has 0 aromatic rings. The van der Waals surface area contributed by atoms with Gasteiger partial charge in [-0.2, -0.15) is 0 Å². The third kappa shape index (κ3) is 11.8. The van der Waals surface area contributed by atoms with Crippen LogP contribution < -0.4 is 0 Å². The van der Waals surface area contributed by atoms with Gasteiger partial charge in [0.2, 0.25) is 0 Å². The summed E-state index contributed by atoms with van der Waals surface area (Å²) in [7, 11) is -0.0848. The maximum Gasteiger partial charge on any atom is 0.305 e. The molecular formula is C19H40O3Si. The van der Waals surface area contributed by atoms with E-state index in [-0.39, 0.29) is 5.97 Å². The Hall–Kier alpha value is -0.353. The molecule has 138 valence electrons. The molecule has 0 atom stereocenters. The fourth-order valence-electron chi connectivity index (χ4n) is 2.25. The molecule has 0 rings (SSSR count). The molecule has 0 saturated carbocycles. The zero-order chi connectivity index (χ0) is 17.8. The third-order valence-electron chi connectivity index (χ3n) is 5.02. The summed E-state index contributed by atoms with van der Waals surface area (Å²) >= 11 is 0. The smallest absolute Gasteiger partial charge is 0.305 e. The molecule has 0 radical (unpaired) electrons. The Bertz CT molecular complexity index is 308. The van der Waals surface area contributed by atoms with Gasteiger partial charge in [-0.15, -0.1) is 0 Å². The molecule has 0 aromatic carbocycles. The molecular weight excluding hydrogens is 304 g/mol. The van der Waals surface area contributed by atoms with Crippen LogP contribution in [0.15, 0.2) is 0 Å². The molecule has 0 spiro atoms. The molecule has 0 heterocycles. The number of carbonyl (C=O) groups is 1. The Kier molecular flexibility index (Phi) is 11.9. The van der Waals surface area contributed by atoms with Crippen molar-refractivity contribution in [3.05, 3.63) is 0 Å². The lowest BCUT2D eigenvalue weighted by molar-refractivity contribution is -0.140. The molecule has 0 aliphatic heterocycles. The van der Waals surface area contributed by atoms with Gasteiger partial charge in [0, 0.05) is 13.0 Å². The van der Waals surface area contributed by atoms with Crippen molar-refractivity contribution >= 4 is 14.3 Å². The average Bonchev–Trinajstić information content (AvgIpc) is 2.46. The number of carbonyl (C=O) groups excluding carboxylic acids is 1. The van der Waals surface area contributed by atoms with Gasteiger partial charge < -0.3 is 9.16 Å². The maximum absolute atomic E-state index is 11.0. The molecule has 0 saturated heterocycles. The Balaban J connectivity index is 3.33. The predicted molar refractivity (Wildman–Crippen MR) is 101 cm³/mol. The normalized spacial score (nSPS) is 12.4. The molecule has 3 nitrogen and oxygen atoms in total. The van der Waals surface area contributed by atoms with Gasteiger partial charge in [-0.05, 0) is 31.0 Å². The Morgan fingerprint density at radius 2 is 1.26 bits per heavy atom. The summed E-state index contributed by atoms with van der Waals surface area (Å²) < 4.78 is 10.8. The van der Waals surface area contributed by atoms with Gasteiger partial charge in [-0.25, -0.2) is 0 Å². The largest absolute Gasteiger partial charge is 0.469 e. The summed E-state index contributed by atoms with van der Waals surface area (Å²) in [5, 5.41) is 0.320. The van der Waals surface area contributed by atoms with Crippen LogP contribution in [0.1, 0.15) is 85.0 Å². The third-order valence-corrected chi connectivity index (χ3v) is 9.56. The van der Waals surface area contributed by atoms with E-state index in [1.165, 1.54) is 52.1 Å². The van der Waals surface area contributed by atoms with E-state index in [9.17, 15) is 4.79 Å². The lowest BCUT2D eigenvalue weighted by atomic mass is 10.1. The second kappa shape index (κ2) is 12.1. The molecule has 23 heavy (non-hydrogen) atoms. The van der Waals surface area contributed by atoms with Gasteiger partial charge in [0.15, 0.2) is 8.32 Å². The van der Waals surface area contributed by atoms with Crippen LogP contribution in [0, 0.1) is 0 Å². The van der Waals surface area contributed by atoms with Crippen LogP contribution in [-0.2, 0) is 14.0 Å². The standard InChI is InChI=1S/C19H40O3Si/c1-19(2,3)23(5,6)22-17-15-13-11-9-7-8-10-12-14-16-18(20)21-4/h7-17H2,1-6H3. The molecule has 0 N–H and O–H groups in total. The van der Waals surface area contributed by atoms with Crippen LogP contribution in [0.2, 0.25) is 18.1 Å². The zero-order valence-corrected chi connectivity index (χ0v) is 17.5. The fraction of sp³-hybridized carbons (Fsp3) is 0.947. The first-order valence-corrected chi connectivity index (χ1v) is 12.3. The van der Waals surface area contributed by atoms with Crippen molar-refractivity contribution in [2.45, 2.75) is 103 Å². The minimum absolute atomic E-state index is 0.0788. The monoisotopic (exact) mass is 344 g/mol. The van der Waals surface area contributed by atoms with Crippen molar-refractivity contribution in [2.75, 3.05) is 13.7 Å². The average molecular weight is 345 g/mol. The van der Waals surface area contributed by atoms with Crippen molar-refractivity contribution in [2.24, 2.45) is 0 Å². The number of hydrogen-bond donors (Lipinski definition) is 0. The minimum Gasteiger partial charge on any atom is -0.469 e. The lowest BCUT2D eigenvalue weighted by Crippen LogP contribution is -2.40. The van der Waals surface area contributed by atoms with E-state index in [4.69, 9.17) is 4.43 Å². The lowest BCUT2D eigenvalue weighted by Gasteiger charge is -2.36. The molecule has 0 aliphatic carbocycles. The van der Waals surface area contributed by atoms with Crippen LogP contribution >= 0.6 is 0 Å². The SMILES string of the molecule is COC(=O)CCCCCCCCCCCO[Si](C)(C)C(C)(C)C. The van der Waals surface area contributed by atoms with Gasteiger partial charge in [-0.3, -0.25) is 4.79 Å². The first kappa shape index (κ1) is 22.6. The van der Waals surface area contributed by atoms with Crippen LogP contribution in [0.25, 0.3) is 0 Å². The van der Waals surface area contributed by atoms with Gasteiger partial charge in [0.25, 0.3) is 0 Å². The second-order valence-electron chi connectivity index (χ2n) is 8.12. The topological polar surface area (TPSA) is 35.5 Å². The predicted octanol–water partition coefficient (Wildman–Crippen LogP) is 6.08. The Labute approximate surface area is 145 Å². The number of methoxy groups -OCH3 is 1. The summed E-state index contributed by atoms with van der Waals surface area (Å²) in [5.41, 5.74) is 0. The first-order valence-electron chi connectivity index (χ1n) is 9.41. The van der Waals surface area contributed by atoms with Gasteiger partial charge in [0.1, 0.15) is 0 Å². The molecule has 0 aliphatic rings. The fourth-order valence-corrected chi connectivity index (χ4v) is 3.34. The molecule has 0 aromatic heterocycles. The quantitative estimate of drug-likeness (QED) is 0.231. The molecule has 0 amide bonds. The number of unbranched alkanes of at least 4 members (excludes halogenated alkanes) is 8. The van der Waals surface area contributed by atoms with Crippen molar-refractivity contribution in [3.8, 4) is 0 Å². The van der Waals surface area contributed by atoms with E-state index in [1.807, 2.05) is 0 Å². The van der Waals surface area contributed by atoms with Crippen LogP contribution in [0.5, 0.6) is 0 Å². The number of esters is 1. The number of ether oxygens (including phenoxy) is 1. The van der Waals surface area contributed by atoms with Gasteiger partial charge in [-0.1, -0.05) is 65.7 Å². The van der Waals surface area contributed by atoms with Crippen molar-refractivity contribution in [1.82, 2.24) is 0 Å². The highest BCUT2D eigenvalue weighted by atomic mass is 28.4. The summed E-state index contributed by atoms with van der Waals surface area (Å²) in [5.74, 6) is -0.0788. The molecule has 0 bridgehead atoms. The highest BCUT2D eigenvalue weighted by Gasteiger charge is 2.36. The summed E-state index contributed by atoms with van der Waals surface area (Å²) in [4.78, 5) is 11.0. The molecule has 0 unspecified atom stereocenters. The van der Waals surface area contributed by atoms with E-state index < -0.39 is 8.32 Å². The summed E-state index contributed by atoms with van der Waals surface area (Å²) in [6.07, 6.45) is 11.7. The first-order chi connectivity index (χ1) is 10.7. The maximum atomic E-state index is 11.0. The van der Waals surface area contributed by atoms with Crippen molar-refractivity contribution < 1.29 is 14.0 Å². The molecule has 4 heteroatoms. The Morgan fingerprint density at radius 1 is 0.826 bits per heavy atom. The number of rotatable bonds is 13. The molecule has 0 fully saturated rings. The summed E-state index contributed by atoms with van der Waals surface area (Å²) in [6, 6.07) is 0. The van der Waals surface area contributed by atoms with E-state index in [0.717, 1.165) is 19.4 Å².